The van der Waals surface area contributed by atoms with Crippen LogP contribution in [0, 0.1) is 17.5 Å². The number of benzene rings is 2. The van der Waals surface area contributed by atoms with Crippen molar-refractivity contribution in [1.82, 2.24) is 15.1 Å². The maximum absolute atomic E-state index is 13.6. The zero-order chi connectivity index (χ0) is 23.4. The number of likely N-dealkylation sites (tertiary alicyclic amines) is 1. The van der Waals surface area contributed by atoms with Gasteiger partial charge in [-0.3, -0.25) is 0 Å². The van der Waals surface area contributed by atoms with Crippen LogP contribution in [-0.4, -0.2) is 54.7 Å². The number of hydrogen-bond acceptors (Lipinski definition) is 4. The van der Waals surface area contributed by atoms with Gasteiger partial charge in [0.25, 0.3) is 0 Å². The minimum absolute atomic E-state index is 0.111. The Bertz CT molecular complexity index is 994. The van der Waals surface area contributed by atoms with Crippen molar-refractivity contribution in [3.05, 3.63) is 71.0 Å². The molecule has 2 aromatic rings. The number of amides is 3. The van der Waals surface area contributed by atoms with Crippen LogP contribution in [0.1, 0.15) is 42.3 Å². The van der Waals surface area contributed by atoms with Crippen molar-refractivity contribution in [2.45, 2.75) is 31.2 Å². The first kappa shape index (κ1) is 23.1. The third-order valence-corrected chi connectivity index (χ3v) is 6.28. The summed E-state index contributed by atoms with van der Waals surface area (Å²) >= 11 is 0. The Morgan fingerprint density at radius 3 is 2.39 bits per heavy atom. The molecule has 0 saturated carbocycles. The molecule has 2 saturated heterocycles. The van der Waals surface area contributed by atoms with Gasteiger partial charge in [-0.1, -0.05) is 18.2 Å². The third kappa shape index (κ3) is 5.47. The highest BCUT2D eigenvalue weighted by molar-refractivity contribution is 5.92. The third-order valence-electron chi connectivity index (χ3n) is 6.28. The number of ether oxygens (including phenoxy) is 1. The second-order valence-electron chi connectivity index (χ2n) is 8.39. The Hall–Kier alpha value is -3.07. The molecule has 6 nitrogen and oxygen atoms in total. The van der Waals surface area contributed by atoms with Crippen LogP contribution in [0.4, 0.5) is 22.8 Å². The van der Waals surface area contributed by atoms with Crippen LogP contribution in [0.2, 0.25) is 0 Å². The molecule has 176 valence electrons. The van der Waals surface area contributed by atoms with Gasteiger partial charge in [0.1, 0.15) is 18.5 Å². The summed E-state index contributed by atoms with van der Waals surface area (Å²) in [6.07, 6.45) is 1.87. The number of hydrogen-bond donors (Lipinski definition) is 1. The van der Waals surface area contributed by atoms with Gasteiger partial charge in [0.05, 0.1) is 0 Å². The number of halogens is 3. The summed E-state index contributed by atoms with van der Waals surface area (Å²) in [5.41, 5.74) is 1.45. The second kappa shape index (κ2) is 10.2. The standard InChI is InChI=1S/C24H26F3N3O3/c25-19-5-2-16(3-6-19)17-8-12-29(13-9-17)11-1-10-28-23(31)30-22(15-33-24(30)32)18-4-7-20(26)21(27)14-18/h2-7,14,17,22H,1,8-13,15H2,(H,28,31)/t22-/m1/s1. The molecule has 0 unspecified atom stereocenters. The molecule has 3 amide bonds. The van der Waals surface area contributed by atoms with Crippen molar-refractivity contribution in [3.63, 3.8) is 0 Å². The van der Waals surface area contributed by atoms with Gasteiger partial charge in [-0.2, -0.15) is 0 Å². The van der Waals surface area contributed by atoms with E-state index in [0.717, 1.165) is 55.1 Å². The van der Waals surface area contributed by atoms with Crippen molar-refractivity contribution in [3.8, 4) is 0 Å². The quantitative estimate of drug-likeness (QED) is 0.640. The normalized spacial score (nSPS) is 19.5. The van der Waals surface area contributed by atoms with E-state index >= 15 is 0 Å². The molecule has 0 aliphatic carbocycles. The van der Waals surface area contributed by atoms with E-state index in [1.165, 1.54) is 18.2 Å². The number of nitrogens with one attached hydrogen (secondary N) is 1. The monoisotopic (exact) mass is 461 g/mol. The Kier molecular flexibility index (Phi) is 7.17. The van der Waals surface area contributed by atoms with Gasteiger partial charge < -0.3 is 15.0 Å². The highest BCUT2D eigenvalue weighted by atomic mass is 19.2. The predicted octanol–water partition coefficient (Wildman–Crippen LogP) is 4.58. The summed E-state index contributed by atoms with van der Waals surface area (Å²) in [7, 11) is 0. The zero-order valence-corrected chi connectivity index (χ0v) is 18.1. The minimum Gasteiger partial charge on any atom is -0.446 e. The van der Waals surface area contributed by atoms with Gasteiger partial charge >= 0.3 is 12.1 Å². The van der Waals surface area contributed by atoms with E-state index in [9.17, 15) is 22.8 Å². The van der Waals surface area contributed by atoms with Crippen LogP contribution in [0.25, 0.3) is 0 Å². The van der Waals surface area contributed by atoms with Crippen molar-refractivity contribution >= 4 is 12.1 Å². The van der Waals surface area contributed by atoms with Gasteiger partial charge in [0.15, 0.2) is 11.6 Å². The number of carbonyl (C=O) groups excluding carboxylic acids is 2. The van der Waals surface area contributed by atoms with Crippen molar-refractivity contribution < 1.29 is 27.5 Å². The molecule has 0 bridgehead atoms. The average molecular weight is 461 g/mol. The van der Waals surface area contributed by atoms with Crippen molar-refractivity contribution in [2.24, 2.45) is 0 Å². The number of nitrogens with zero attached hydrogens (tertiary/aromatic N) is 2. The summed E-state index contributed by atoms with van der Waals surface area (Å²) in [5.74, 6) is -1.84. The summed E-state index contributed by atoms with van der Waals surface area (Å²) < 4.78 is 44.9. The molecule has 2 aliphatic heterocycles. The van der Waals surface area contributed by atoms with Crippen molar-refractivity contribution in [2.75, 3.05) is 32.8 Å². The Balaban J connectivity index is 1.21. The van der Waals surface area contributed by atoms with E-state index in [2.05, 4.69) is 10.2 Å². The van der Waals surface area contributed by atoms with E-state index in [4.69, 9.17) is 4.74 Å². The predicted molar refractivity (Wildman–Crippen MR) is 115 cm³/mol. The lowest BCUT2D eigenvalue weighted by Gasteiger charge is -2.32. The fourth-order valence-electron chi connectivity index (χ4n) is 4.42. The van der Waals surface area contributed by atoms with Crippen LogP contribution >= 0.6 is 0 Å². The minimum atomic E-state index is -1.05. The highest BCUT2D eigenvalue weighted by Gasteiger charge is 2.39. The molecule has 2 aromatic carbocycles. The molecular weight excluding hydrogens is 435 g/mol. The van der Waals surface area contributed by atoms with Crippen LogP contribution in [0.3, 0.4) is 0 Å². The lowest BCUT2D eigenvalue weighted by atomic mass is 9.89. The SMILES string of the molecule is O=C(NCCCN1CCC(c2ccc(F)cc2)CC1)N1C(=O)OC[C@@H]1c1ccc(F)c(F)c1. The molecule has 0 spiro atoms. The Labute approximate surface area is 190 Å². The molecule has 0 aromatic heterocycles. The number of imide groups is 1. The van der Waals surface area contributed by atoms with E-state index in [1.54, 1.807) is 0 Å². The molecule has 2 heterocycles. The molecule has 1 N–H and O–H groups in total. The van der Waals surface area contributed by atoms with Crippen LogP contribution in [-0.2, 0) is 4.74 Å². The summed E-state index contributed by atoms with van der Waals surface area (Å²) in [4.78, 5) is 27.8. The maximum Gasteiger partial charge on any atom is 0.418 e. The van der Waals surface area contributed by atoms with E-state index in [1.807, 2.05) is 12.1 Å². The molecule has 1 atom stereocenters. The fraction of sp³-hybridized carbons (Fsp3) is 0.417. The van der Waals surface area contributed by atoms with E-state index < -0.39 is 29.8 Å². The summed E-state index contributed by atoms with van der Waals surface area (Å²) in [6, 6.07) is 8.53. The summed E-state index contributed by atoms with van der Waals surface area (Å²) in [6.45, 7) is 2.90. The maximum atomic E-state index is 13.6. The smallest absolute Gasteiger partial charge is 0.418 e. The molecule has 2 fully saturated rings. The first-order valence-corrected chi connectivity index (χ1v) is 11.1. The zero-order valence-electron chi connectivity index (χ0n) is 18.1. The number of urea groups is 1. The number of rotatable bonds is 6. The number of piperidine rings is 1. The largest absolute Gasteiger partial charge is 0.446 e. The molecule has 0 radical (unpaired) electrons. The van der Waals surface area contributed by atoms with Gasteiger partial charge in [-0.15, -0.1) is 0 Å². The second-order valence-corrected chi connectivity index (χ2v) is 8.39. The molecular formula is C24H26F3N3O3. The number of carbonyl (C=O) groups is 2. The summed E-state index contributed by atoms with van der Waals surface area (Å²) in [5, 5.41) is 2.72. The van der Waals surface area contributed by atoms with Crippen LogP contribution in [0.15, 0.2) is 42.5 Å². The lowest BCUT2D eigenvalue weighted by molar-refractivity contribution is 0.157. The molecule has 9 heteroatoms. The first-order chi connectivity index (χ1) is 15.9. The van der Waals surface area contributed by atoms with Gasteiger partial charge in [0, 0.05) is 6.54 Å². The van der Waals surface area contributed by atoms with E-state index in [-0.39, 0.29) is 12.4 Å². The molecule has 2 aliphatic rings. The van der Waals surface area contributed by atoms with E-state index in [0.29, 0.717) is 24.4 Å². The van der Waals surface area contributed by atoms with Gasteiger partial charge in [0.2, 0.25) is 0 Å². The first-order valence-electron chi connectivity index (χ1n) is 11.1. The molecule has 33 heavy (non-hydrogen) atoms. The Morgan fingerprint density at radius 1 is 1.00 bits per heavy atom. The van der Waals surface area contributed by atoms with Crippen LogP contribution < -0.4 is 5.32 Å². The molecule has 4 rings (SSSR count). The lowest BCUT2D eigenvalue weighted by Crippen LogP contribution is -2.43. The fourth-order valence-corrected chi connectivity index (χ4v) is 4.42. The van der Waals surface area contributed by atoms with Crippen LogP contribution in [0.5, 0.6) is 0 Å². The van der Waals surface area contributed by atoms with Crippen molar-refractivity contribution in [1.29, 1.82) is 0 Å². The van der Waals surface area contributed by atoms with Gasteiger partial charge in [-0.25, -0.2) is 27.7 Å². The number of cyclic esters (lactones) is 1. The Morgan fingerprint density at radius 2 is 1.70 bits per heavy atom. The average Bonchev–Trinajstić information content (AvgIpc) is 3.21. The highest BCUT2D eigenvalue weighted by Crippen LogP contribution is 2.29. The van der Waals surface area contributed by atoms with Gasteiger partial charge in [-0.05, 0) is 80.2 Å². The topological polar surface area (TPSA) is 61.9 Å².